The second kappa shape index (κ2) is 6.19. The van der Waals surface area contributed by atoms with Crippen LogP contribution in [0.1, 0.15) is 30.7 Å². The molecular formula is C18H22N2O2S. The Morgan fingerprint density at radius 2 is 2.00 bits per heavy atom. The summed E-state index contributed by atoms with van der Waals surface area (Å²) in [5.41, 5.74) is 1.24. The number of nitrogens with one attached hydrogen (secondary N) is 1. The van der Waals surface area contributed by atoms with Gasteiger partial charge in [0.2, 0.25) is 11.8 Å². The maximum Gasteiger partial charge on any atom is 0.243 e. The fraction of sp³-hybridized carbons (Fsp3) is 0.556. The van der Waals surface area contributed by atoms with E-state index in [0.717, 1.165) is 18.7 Å². The van der Waals surface area contributed by atoms with Gasteiger partial charge in [0, 0.05) is 18.2 Å². The molecule has 3 aliphatic rings. The summed E-state index contributed by atoms with van der Waals surface area (Å²) in [7, 11) is 0. The number of nitrogens with zero attached hydrogens (tertiary/aromatic N) is 1. The fourth-order valence-electron chi connectivity index (χ4n) is 3.31. The summed E-state index contributed by atoms with van der Waals surface area (Å²) in [4.78, 5) is 27.0. The molecule has 2 aliphatic carbocycles. The van der Waals surface area contributed by atoms with Crippen molar-refractivity contribution < 1.29 is 9.59 Å². The molecule has 2 amide bonds. The average molecular weight is 330 g/mol. The van der Waals surface area contributed by atoms with E-state index in [1.165, 1.54) is 18.4 Å². The highest BCUT2D eigenvalue weighted by atomic mass is 32.2. The molecule has 1 aliphatic heterocycles. The van der Waals surface area contributed by atoms with Crippen molar-refractivity contribution in [2.75, 3.05) is 18.2 Å². The van der Waals surface area contributed by atoms with E-state index in [2.05, 4.69) is 17.4 Å². The predicted molar refractivity (Wildman–Crippen MR) is 91.0 cm³/mol. The SMILES string of the molecule is O=C(NCC1CC1)[C@@H]1CSCN1C(=O)[C@H]1C[C@H]1c1ccccc1. The first-order valence-electron chi connectivity index (χ1n) is 8.45. The number of amides is 2. The highest BCUT2D eigenvalue weighted by Gasteiger charge is 2.48. The normalized spacial score (nSPS) is 29.4. The number of rotatable bonds is 5. The lowest BCUT2D eigenvalue weighted by Crippen LogP contribution is -2.48. The van der Waals surface area contributed by atoms with Crippen LogP contribution < -0.4 is 5.32 Å². The Balaban J connectivity index is 1.36. The first kappa shape index (κ1) is 15.1. The molecule has 122 valence electrons. The van der Waals surface area contributed by atoms with Gasteiger partial charge in [0.05, 0.1) is 5.88 Å². The minimum atomic E-state index is -0.275. The van der Waals surface area contributed by atoms with Crippen LogP contribution in [0.3, 0.4) is 0 Å². The van der Waals surface area contributed by atoms with Gasteiger partial charge in [-0.2, -0.15) is 0 Å². The van der Waals surface area contributed by atoms with Gasteiger partial charge in [-0.05, 0) is 36.7 Å². The molecule has 5 heteroatoms. The lowest BCUT2D eigenvalue weighted by atomic mass is 10.1. The van der Waals surface area contributed by atoms with Crippen LogP contribution in [0.15, 0.2) is 30.3 Å². The molecule has 0 radical (unpaired) electrons. The molecule has 1 aromatic rings. The second-order valence-corrected chi connectivity index (χ2v) is 7.87. The number of carbonyl (C=O) groups is 2. The van der Waals surface area contributed by atoms with Gasteiger partial charge in [0.15, 0.2) is 0 Å². The van der Waals surface area contributed by atoms with Crippen LogP contribution in [0.4, 0.5) is 0 Å². The first-order valence-corrected chi connectivity index (χ1v) is 9.60. The van der Waals surface area contributed by atoms with Gasteiger partial charge in [-0.15, -0.1) is 11.8 Å². The molecule has 0 unspecified atom stereocenters. The van der Waals surface area contributed by atoms with Crippen LogP contribution in [0, 0.1) is 11.8 Å². The van der Waals surface area contributed by atoms with Crippen molar-refractivity contribution in [2.45, 2.75) is 31.2 Å². The van der Waals surface area contributed by atoms with Crippen LogP contribution in [0.2, 0.25) is 0 Å². The Bertz CT molecular complexity index is 602. The van der Waals surface area contributed by atoms with Crippen molar-refractivity contribution in [1.82, 2.24) is 10.2 Å². The van der Waals surface area contributed by atoms with Gasteiger partial charge in [0.1, 0.15) is 6.04 Å². The molecule has 0 aromatic heterocycles. The van der Waals surface area contributed by atoms with Gasteiger partial charge >= 0.3 is 0 Å². The Morgan fingerprint density at radius 1 is 1.22 bits per heavy atom. The van der Waals surface area contributed by atoms with E-state index in [9.17, 15) is 9.59 Å². The number of thioether (sulfide) groups is 1. The monoisotopic (exact) mass is 330 g/mol. The molecule has 3 fully saturated rings. The Labute approximate surface area is 141 Å². The molecule has 4 nitrogen and oxygen atoms in total. The van der Waals surface area contributed by atoms with Gasteiger partial charge in [-0.25, -0.2) is 0 Å². The topological polar surface area (TPSA) is 49.4 Å². The summed E-state index contributed by atoms with van der Waals surface area (Å²) in [6.45, 7) is 0.776. The van der Waals surface area contributed by atoms with Gasteiger partial charge in [-0.1, -0.05) is 30.3 Å². The first-order chi connectivity index (χ1) is 11.2. The predicted octanol–water partition coefficient (Wildman–Crippen LogP) is 2.22. The summed E-state index contributed by atoms with van der Waals surface area (Å²) >= 11 is 1.68. The third kappa shape index (κ3) is 3.25. The lowest BCUT2D eigenvalue weighted by molar-refractivity contribution is -0.139. The van der Waals surface area contributed by atoms with E-state index >= 15 is 0 Å². The summed E-state index contributed by atoms with van der Waals surface area (Å²) in [6, 6.07) is 9.96. The molecule has 0 bridgehead atoms. The Kier molecular flexibility index (Phi) is 4.05. The van der Waals surface area contributed by atoms with Crippen molar-refractivity contribution >= 4 is 23.6 Å². The number of hydrogen-bond donors (Lipinski definition) is 1. The molecule has 2 saturated carbocycles. The molecule has 1 aromatic carbocycles. The van der Waals surface area contributed by atoms with Crippen molar-refractivity contribution in [3.05, 3.63) is 35.9 Å². The largest absolute Gasteiger partial charge is 0.354 e. The van der Waals surface area contributed by atoms with Crippen molar-refractivity contribution in [3.8, 4) is 0 Å². The van der Waals surface area contributed by atoms with Gasteiger partial charge in [-0.3, -0.25) is 9.59 Å². The Morgan fingerprint density at radius 3 is 2.74 bits per heavy atom. The summed E-state index contributed by atoms with van der Waals surface area (Å²) in [5.74, 6) is 2.65. The van der Waals surface area contributed by atoms with Crippen LogP contribution in [-0.4, -0.2) is 40.9 Å². The molecule has 4 rings (SSSR count). The maximum absolute atomic E-state index is 12.8. The van der Waals surface area contributed by atoms with Crippen LogP contribution in [0.25, 0.3) is 0 Å². The molecule has 1 heterocycles. The van der Waals surface area contributed by atoms with Crippen LogP contribution >= 0.6 is 11.8 Å². The summed E-state index contributed by atoms with van der Waals surface area (Å²) < 4.78 is 0. The smallest absolute Gasteiger partial charge is 0.243 e. The molecule has 3 atom stereocenters. The molecule has 0 spiro atoms. The molecular weight excluding hydrogens is 308 g/mol. The van der Waals surface area contributed by atoms with E-state index < -0.39 is 0 Å². The van der Waals surface area contributed by atoms with Crippen molar-refractivity contribution in [1.29, 1.82) is 0 Å². The number of benzene rings is 1. The highest BCUT2D eigenvalue weighted by molar-refractivity contribution is 7.99. The fourth-order valence-corrected chi connectivity index (χ4v) is 4.48. The van der Waals surface area contributed by atoms with E-state index in [0.29, 0.717) is 17.7 Å². The average Bonchev–Trinajstić information content (AvgIpc) is 3.50. The second-order valence-electron chi connectivity index (χ2n) is 6.87. The summed E-state index contributed by atoms with van der Waals surface area (Å²) in [6.07, 6.45) is 3.37. The van der Waals surface area contributed by atoms with E-state index in [1.54, 1.807) is 16.7 Å². The molecule has 1 N–H and O–H groups in total. The Hall–Kier alpha value is -1.49. The van der Waals surface area contributed by atoms with Gasteiger partial charge in [0.25, 0.3) is 0 Å². The van der Waals surface area contributed by atoms with Crippen molar-refractivity contribution in [3.63, 3.8) is 0 Å². The van der Waals surface area contributed by atoms with Crippen molar-refractivity contribution in [2.24, 2.45) is 11.8 Å². The zero-order chi connectivity index (χ0) is 15.8. The minimum absolute atomic E-state index is 0.0344. The molecule has 23 heavy (non-hydrogen) atoms. The number of carbonyl (C=O) groups excluding carboxylic acids is 2. The third-order valence-electron chi connectivity index (χ3n) is 5.07. The molecule has 1 saturated heterocycles. The zero-order valence-corrected chi connectivity index (χ0v) is 13.9. The van der Waals surface area contributed by atoms with Crippen LogP contribution in [0.5, 0.6) is 0 Å². The number of hydrogen-bond acceptors (Lipinski definition) is 3. The quantitative estimate of drug-likeness (QED) is 0.900. The van der Waals surface area contributed by atoms with E-state index in [4.69, 9.17) is 0 Å². The summed E-state index contributed by atoms with van der Waals surface area (Å²) in [5, 5.41) is 3.03. The van der Waals surface area contributed by atoms with E-state index in [-0.39, 0.29) is 23.8 Å². The van der Waals surface area contributed by atoms with Crippen LogP contribution in [-0.2, 0) is 9.59 Å². The maximum atomic E-state index is 12.8. The van der Waals surface area contributed by atoms with E-state index in [1.807, 2.05) is 18.2 Å². The highest BCUT2D eigenvalue weighted by Crippen LogP contribution is 2.49. The minimum Gasteiger partial charge on any atom is -0.354 e. The lowest BCUT2D eigenvalue weighted by Gasteiger charge is -2.23. The third-order valence-corrected chi connectivity index (χ3v) is 6.08. The standard InChI is InChI=1S/C18H22N2O2S/c21-17(19-9-12-6-7-12)16-10-23-11-20(16)18(22)15-8-14(15)13-4-2-1-3-5-13/h1-5,12,14-16H,6-11H2,(H,19,21)/t14-,15-,16-/m0/s1. The van der Waals surface area contributed by atoms with Gasteiger partial charge < -0.3 is 10.2 Å². The zero-order valence-electron chi connectivity index (χ0n) is 13.1.